The number of rotatable bonds is 22. The van der Waals surface area contributed by atoms with Gasteiger partial charge in [-0.05, 0) is 121 Å². The summed E-state index contributed by atoms with van der Waals surface area (Å²) in [6, 6.07) is 9.28. The van der Waals surface area contributed by atoms with Gasteiger partial charge >= 0.3 is 24.4 Å². The molecule has 0 aliphatic carbocycles. The highest BCUT2D eigenvalue weighted by atomic mass is 16.6. The van der Waals surface area contributed by atoms with Crippen molar-refractivity contribution in [3.63, 3.8) is 0 Å². The molecule has 328 valence electrons. The highest BCUT2D eigenvalue weighted by molar-refractivity contribution is 5.72. The van der Waals surface area contributed by atoms with E-state index in [0.29, 0.717) is 45.4 Å². The van der Waals surface area contributed by atoms with Gasteiger partial charge in [-0.15, -0.1) is 0 Å². The number of carbonyl (C=O) groups excluding carboxylic acids is 4. The molecule has 0 bridgehead atoms. The maximum Gasteiger partial charge on any atom is 0.412 e. The minimum Gasteiger partial charge on any atom is -0.444 e. The number of hydrogen-bond acceptors (Lipinski definition) is 9. The van der Waals surface area contributed by atoms with E-state index >= 15 is 0 Å². The minimum absolute atomic E-state index is 0.160. The second-order valence-corrected chi connectivity index (χ2v) is 18.7. The molecule has 0 aliphatic heterocycles. The molecular formula is C44H78N4O9. The molecule has 0 saturated carbocycles. The molecule has 0 heterocycles. The molecule has 0 aliphatic rings. The summed E-state index contributed by atoms with van der Waals surface area (Å²) in [4.78, 5) is 54.8. The van der Waals surface area contributed by atoms with Crippen molar-refractivity contribution in [3.05, 3.63) is 35.9 Å². The fourth-order valence-corrected chi connectivity index (χ4v) is 5.92. The molecule has 0 radical (unpaired) electrons. The van der Waals surface area contributed by atoms with Gasteiger partial charge in [-0.25, -0.2) is 19.2 Å². The number of benzene rings is 1. The molecule has 1 rings (SSSR count). The third-order valence-electron chi connectivity index (χ3n) is 8.31. The molecule has 0 aromatic heterocycles. The van der Waals surface area contributed by atoms with Crippen LogP contribution in [0.1, 0.15) is 166 Å². The molecule has 13 nitrogen and oxygen atoms in total. The summed E-state index contributed by atoms with van der Waals surface area (Å²) in [6.07, 6.45) is 4.86. The first-order valence-electron chi connectivity index (χ1n) is 21.0. The number of unbranched alkanes of at least 4 members (excludes halogenated alkanes) is 5. The zero-order valence-electron chi connectivity index (χ0n) is 37.6. The molecule has 3 atom stereocenters. The van der Waals surface area contributed by atoms with Crippen LogP contribution >= 0.6 is 0 Å². The molecule has 0 saturated heterocycles. The largest absolute Gasteiger partial charge is 0.444 e. The van der Waals surface area contributed by atoms with Crippen LogP contribution in [0.15, 0.2) is 30.3 Å². The number of ether oxygens (including phenoxy) is 5. The van der Waals surface area contributed by atoms with Crippen molar-refractivity contribution in [1.82, 2.24) is 20.9 Å². The first-order valence-corrected chi connectivity index (χ1v) is 21.0. The fourth-order valence-electron chi connectivity index (χ4n) is 5.92. The summed E-state index contributed by atoms with van der Waals surface area (Å²) >= 11 is 0. The van der Waals surface area contributed by atoms with E-state index in [9.17, 15) is 19.2 Å². The van der Waals surface area contributed by atoms with Gasteiger partial charge in [-0.1, -0.05) is 69.4 Å². The summed E-state index contributed by atoms with van der Waals surface area (Å²) in [5, 5.41) is 8.71. The molecule has 0 spiro atoms. The summed E-state index contributed by atoms with van der Waals surface area (Å²) in [5.41, 5.74) is -1.82. The van der Waals surface area contributed by atoms with Crippen molar-refractivity contribution in [2.24, 2.45) is 0 Å². The Bertz CT molecular complexity index is 1310. The van der Waals surface area contributed by atoms with E-state index in [0.717, 1.165) is 38.5 Å². The average Bonchev–Trinajstić information content (AvgIpc) is 3.04. The number of nitrogens with one attached hydrogen (secondary N) is 3. The van der Waals surface area contributed by atoms with Crippen molar-refractivity contribution in [1.29, 1.82) is 0 Å². The third-order valence-corrected chi connectivity index (χ3v) is 8.31. The number of hydrogen-bond donors (Lipinski definition) is 3. The fraction of sp³-hybridized carbons (Fsp3) is 0.773. The van der Waals surface area contributed by atoms with Crippen LogP contribution in [0.25, 0.3) is 0 Å². The van der Waals surface area contributed by atoms with E-state index in [1.54, 1.807) is 88.0 Å². The van der Waals surface area contributed by atoms with Crippen LogP contribution in [-0.2, 0) is 30.3 Å². The Balaban J connectivity index is 3.30. The van der Waals surface area contributed by atoms with E-state index in [1.807, 2.05) is 25.1 Å². The zero-order chi connectivity index (χ0) is 43.3. The Morgan fingerprint density at radius 2 is 1.11 bits per heavy atom. The van der Waals surface area contributed by atoms with E-state index < -0.39 is 65.0 Å². The molecule has 57 heavy (non-hydrogen) atoms. The lowest BCUT2D eigenvalue weighted by molar-refractivity contribution is -0.00899. The Hall–Kier alpha value is -3.74. The van der Waals surface area contributed by atoms with Gasteiger partial charge < -0.3 is 39.6 Å². The molecule has 1 aromatic rings. The summed E-state index contributed by atoms with van der Waals surface area (Å²) < 4.78 is 28.5. The number of nitrogens with zero attached hydrogens (tertiary/aromatic N) is 1. The highest BCUT2D eigenvalue weighted by Gasteiger charge is 2.37. The van der Waals surface area contributed by atoms with Gasteiger partial charge in [-0.3, -0.25) is 4.90 Å². The summed E-state index contributed by atoms with van der Waals surface area (Å²) in [6.45, 7) is 25.0. The number of amides is 4. The third kappa shape index (κ3) is 26.7. The Labute approximate surface area is 344 Å². The number of alkyl carbamates (subject to hydrolysis) is 3. The van der Waals surface area contributed by atoms with Gasteiger partial charge in [-0.2, -0.15) is 0 Å². The van der Waals surface area contributed by atoms with Crippen molar-refractivity contribution < 1.29 is 42.9 Å². The lowest BCUT2D eigenvalue weighted by Crippen LogP contribution is -2.58. The molecule has 13 heteroatoms. The van der Waals surface area contributed by atoms with Crippen LogP contribution in [-0.4, -0.2) is 83.1 Å². The summed E-state index contributed by atoms with van der Waals surface area (Å²) in [7, 11) is 0. The molecule has 4 amide bonds. The quantitative estimate of drug-likeness (QED) is 0.0590. The van der Waals surface area contributed by atoms with Crippen molar-refractivity contribution in [2.75, 3.05) is 13.2 Å². The van der Waals surface area contributed by atoms with Crippen LogP contribution in [0.4, 0.5) is 19.2 Å². The van der Waals surface area contributed by atoms with E-state index in [1.165, 1.54) is 5.56 Å². The first-order chi connectivity index (χ1) is 26.4. The zero-order valence-corrected chi connectivity index (χ0v) is 37.6. The second kappa shape index (κ2) is 24.9. The van der Waals surface area contributed by atoms with Gasteiger partial charge in [0.05, 0.1) is 6.61 Å². The highest BCUT2D eigenvalue weighted by Crippen LogP contribution is 2.25. The van der Waals surface area contributed by atoms with Crippen molar-refractivity contribution >= 4 is 24.4 Å². The van der Waals surface area contributed by atoms with Gasteiger partial charge in [0.2, 0.25) is 0 Å². The topological polar surface area (TPSA) is 154 Å². The SMILES string of the molecule is CCC(CC(NC(=O)OC(C)(C)C)N(C(=O)OC(C)(C)C)C(CCCCCCCCOCc1ccccc1)CCCNC(=O)OC(C)(C)C)NC(=O)OC(C)(C)C. The Kier molecular flexibility index (Phi) is 22.4. The lowest BCUT2D eigenvalue weighted by atomic mass is 9.99. The van der Waals surface area contributed by atoms with Crippen LogP contribution < -0.4 is 16.0 Å². The monoisotopic (exact) mass is 807 g/mol. The normalized spacial score (nSPS) is 13.8. The molecule has 1 aromatic carbocycles. The van der Waals surface area contributed by atoms with E-state index in [-0.39, 0.29) is 6.42 Å². The average molecular weight is 807 g/mol. The first kappa shape index (κ1) is 51.3. The number of carbonyl (C=O) groups is 4. The smallest absolute Gasteiger partial charge is 0.412 e. The summed E-state index contributed by atoms with van der Waals surface area (Å²) in [5.74, 6) is 0. The molecule has 3 N–H and O–H groups in total. The standard InChI is InChI=1S/C44H78N4O9/c1-14-34(46-38(50)55-42(5,6)7)31-36(47-39(51)56-43(8,9)10)48(40(52)57-44(11,12)13)35(28-24-29-45-37(49)54-41(2,3)4)27-22-17-15-16-18-23-30-53-32-33-25-20-19-21-26-33/h19-21,25-26,34-36H,14-18,22-24,27-32H2,1-13H3,(H,45,49)(H,46,50)(H,47,51). The molecular weight excluding hydrogens is 729 g/mol. The van der Waals surface area contributed by atoms with Crippen LogP contribution in [0.3, 0.4) is 0 Å². The minimum atomic E-state index is -0.922. The molecule has 0 fully saturated rings. The van der Waals surface area contributed by atoms with Crippen LogP contribution in [0.2, 0.25) is 0 Å². The predicted octanol–water partition coefficient (Wildman–Crippen LogP) is 10.4. The van der Waals surface area contributed by atoms with E-state index in [2.05, 4.69) is 28.1 Å². The lowest BCUT2D eigenvalue weighted by Gasteiger charge is -2.40. The Morgan fingerprint density at radius 1 is 0.614 bits per heavy atom. The Morgan fingerprint density at radius 3 is 1.65 bits per heavy atom. The van der Waals surface area contributed by atoms with Gasteiger partial charge in [0.25, 0.3) is 0 Å². The van der Waals surface area contributed by atoms with Crippen molar-refractivity contribution in [2.45, 2.75) is 208 Å². The van der Waals surface area contributed by atoms with Crippen LogP contribution in [0, 0.1) is 0 Å². The van der Waals surface area contributed by atoms with Gasteiger partial charge in [0.1, 0.15) is 28.6 Å². The van der Waals surface area contributed by atoms with Crippen molar-refractivity contribution in [3.8, 4) is 0 Å². The van der Waals surface area contributed by atoms with Crippen LogP contribution in [0.5, 0.6) is 0 Å². The second-order valence-electron chi connectivity index (χ2n) is 18.7. The maximum atomic E-state index is 14.3. The van der Waals surface area contributed by atoms with Gasteiger partial charge in [0.15, 0.2) is 0 Å². The maximum absolute atomic E-state index is 14.3. The van der Waals surface area contributed by atoms with Gasteiger partial charge in [0, 0.05) is 31.7 Å². The van der Waals surface area contributed by atoms with E-state index in [4.69, 9.17) is 23.7 Å². The molecule has 3 unspecified atom stereocenters. The predicted molar refractivity (Wildman–Crippen MR) is 225 cm³/mol.